The maximum absolute atomic E-state index is 10.6. The highest BCUT2D eigenvalue weighted by atomic mass is 16.4. The van der Waals surface area contributed by atoms with Gasteiger partial charge in [-0.1, -0.05) is 12.1 Å². The fourth-order valence-electron chi connectivity index (χ4n) is 1.66. The number of benzene rings is 1. The largest absolute Gasteiger partial charge is 0.479 e. The van der Waals surface area contributed by atoms with E-state index in [4.69, 9.17) is 5.11 Å². The smallest absolute Gasteiger partial charge is 0.337 e. The number of aliphatic carboxylic acids is 1. The van der Waals surface area contributed by atoms with Gasteiger partial charge in [0, 0.05) is 17.8 Å². The van der Waals surface area contributed by atoms with E-state index in [0.29, 0.717) is 5.56 Å². The van der Waals surface area contributed by atoms with Crippen molar-refractivity contribution in [1.29, 1.82) is 0 Å². The topological polar surface area (TPSA) is 70.4 Å². The first kappa shape index (κ1) is 10.6. The number of nitrogens with zero attached hydrogens (tertiary/aromatic N) is 1. The van der Waals surface area contributed by atoms with E-state index in [2.05, 4.69) is 4.98 Å². The molecule has 2 rings (SSSR count). The Hall–Kier alpha value is -1.94. The zero-order chi connectivity index (χ0) is 11.7. The predicted molar refractivity (Wildman–Crippen MR) is 59.1 cm³/mol. The summed E-state index contributed by atoms with van der Waals surface area (Å²) >= 11 is 0. The second-order valence-electron chi connectivity index (χ2n) is 3.68. The molecule has 1 unspecified atom stereocenters. The van der Waals surface area contributed by atoms with Crippen LogP contribution in [0.1, 0.15) is 17.2 Å². The van der Waals surface area contributed by atoms with Crippen molar-refractivity contribution in [3.05, 3.63) is 41.7 Å². The lowest BCUT2D eigenvalue weighted by atomic mass is 10.0. The number of pyridine rings is 1. The zero-order valence-electron chi connectivity index (χ0n) is 8.71. The number of aliphatic hydroxyl groups is 1. The summed E-state index contributed by atoms with van der Waals surface area (Å²) in [5.41, 5.74) is 1.39. The van der Waals surface area contributed by atoms with Gasteiger partial charge in [-0.05, 0) is 29.5 Å². The first-order chi connectivity index (χ1) is 7.59. The second-order valence-corrected chi connectivity index (χ2v) is 3.68. The average molecular weight is 217 g/mol. The minimum absolute atomic E-state index is 0.368. The summed E-state index contributed by atoms with van der Waals surface area (Å²) in [7, 11) is 0. The van der Waals surface area contributed by atoms with E-state index in [1.54, 1.807) is 30.6 Å². The number of carboxylic acids is 1. The molecule has 0 bridgehead atoms. The van der Waals surface area contributed by atoms with E-state index in [9.17, 15) is 9.90 Å². The molecule has 1 heterocycles. The average Bonchev–Trinajstić information content (AvgIpc) is 2.28. The molecule has 0 amide bonds. The van der Waals surface area contributed by atoms with Crippen molar-refractivity contribution < 1.29 is 15.0 Å². The van der Waals surface area contributed by atoms with Crippen LogP contribution in [0.25, 0.3) is 10.8 Å². The lowest BCUT2D eigenvalue weighted by Crippen LogP contribution is -2.10. The lowest BCUT2D eigenvalue weighted by Gasteiger charge is -2.07. The van der Waals surface area contributed by atoms with Crippen molar-refractivity contribution >= 4 is 16.7 Å². The quantitative estimate of drug-likeness (QED) is 0.802. The van der Waals surface area contributed by atoms with Gasteiger partial charge >= 0.3 is 5.97 Å². The Bertz CT molecular complexity index is 551. The summed E-state index contributed by atoms with van der Waals surface area (Å²) < 4.78 is 0. The molecule has 16 heavy (non-hydrogen) atoms. The molecular weight excluding hydrogens is 206 g/mol. The second kappa shape index (κ2) is 3.90. The summed E-state index contributed by atoms with van der Waals surface area (Å²) in [4.78, 5) is 14.7. The molecule has 0 aliphatic rings. The Morgan fingerprint density at radius 1 is 1.38 bits per heavy atom. The lowest BCUT2D eigenvalue weighted by molar-refractivity contribution is -0.146. The van der Waals surface area contributed by atoms with Crippen LogP contribution in [-0.2, 0) is 4.79 Å². The van der Waals surface area contributed by atoms with Crippen LogP contribution in [0.4, 0.5) is 0 Å². The molecule has 4 heteroatoms. The van der Waals surface area contributed by atoms with E-state index < -0.39 is 12.1 Å². The van der Waals surface area contributed by atoms with E-state index >= 15 is 0 Å². The number of aliphatic hydroxyl groups excluding tert-OH is 1. The van der Waals surface area contributed by atoms with Gasteiger partial charge in [-0.25, -0.2) is 4.79 Å². The molecule has 0 aliphatic heterocycles. The van der Waals surface area contributed by atoms with Gasteiger partial charge in [-0.3, -0.25) is 4.98 Å². The molecular formula is C12H11NO3. The minimum atomic E-state index is -1.48. The van der Waals surface area contributed by atoms with Gasteiger partial charge in [-0.2, -0.15) is 0 Å². The molecule has 2 aromatic rings. The number of aromatic nitrogens is 1. The maximum atomic E-state index is 10.6. The molecule has 82 valence electrons. The van der Waals surface area contributed by atoms with Crippen molar-refractivity contribution in [2.75, 3.05) is 0 Å². The molecule has 0 saturated carbocycles. The van der Waals surface area contributed by atoms with Crippen LogP contribution in [0.5, 0.6) is 0 Å². The summed E-state index contributed by atoms with van der Waals surface area (Å²) in [5, 5.41) is 19.9. The van der Waals surface area contributed by atoms with Gasteiger partial charge in [0.15, 0.2) is 6.10 Å². The number of carboxylic acid groups (broad SMARTS) is 1. The van der Waals surface area contributed by atoms with Gasteiger partial charge in [0.05, 0.1) is 0 Å². The zero-order valence-corrected chi connectivity index (χ0v) is 8.71. The van der Waals surface area contributed by atoms with Gasteiger partial charge < -0.3 is 10.2 Å². The van der Waals surface area contributed by atoms with E-state index in [-0.39, 0.29) is 0 Å². The van der Waals surface area contributed by atoms with E-state index in [1.807, 2.05) is 6.92 Å². The number of rotatable bonds is 2. The molecule has 0 fully saturated rings. The predicted octanol–water partition coefficient (Wildman–Crippen LogP) is 1.66. The van der Waals surface area contributed by atoms with Crippen molar-refractivity contribution in [2.24, 2.45) is 0 Å². The van der Waals surface area contributed by atoms with Crippen LogP contribution in [0, 0.1) is 6.92 Å². The van der Waals surface area contributed by atoms with Crippen molar-refractivity contribution in [3.8, 4) is 0 Å². The third kappa shape index (κ3) is 1.75. The summed E-state index contributed by atoms with van der Waals surface area (Å²) in [5.74, 6) is -1.25. The van der Waals surface area contributed by atoms with Gasteiger partial charge in [0.1, 0.15) is 0 Å². The molecule has 1 aromatic heterocycles. The van der Waals surface area contributed by atoms with Crippen LogP contribution in [0.15, 0.2) is 30.6 Å². The molecule has 0 saturated heterocycles. The Kier molecular flexibility index (Phi) is 2.58. The normalized spacial score (nSPS) is 12.6. The third-order valence-electron chi connectivity index (χ3n) is 2.53. The Labute approximate surface area is 92.2 Å². The van der Waals surface area contributed by atoms with Crippen LogP contribution in [-0.4, -0.2) is 21.2 Å². The van der Waals surface area contributed by atoms with Crippen LogP contribution in [0.2, 0.25) is 0 Å². The van der Waals surface area contributed by atoms with Gasteiger partial charge in [0.2, 0.25) is 0 Å². The molecule has 1 aromatic carbocycles. The fourth-order valence-corrected chi connectivity index (χ4v) is 1.66. The van der Waals surface area contributed by atoms with Gasteiger partial charge in [-0.15, -0.1) is 0 Å². The first-order valence-corrected chi connectivity index (χ1v) is 4.85. The monoisotopic (exact) mass is 217 g/mol. The highest BCUT2D eigenvalue weighted by Gasteiger charge is 2.15. The van der Waals surface area contributed by atoms with Crippen molar-refractivity contribution in [2.45, 2.75) is 13.0 Å². The minimum Gasteiger partial charge on any atom is -0.479 e. The van der Waals surface area contributed by atoms with Crippen molar-refractivity contribution in [3.63, 3.8) is 0 Å². The third-order valence-corrected chi connectivity index (χ3v) is 2.53. The summed E-state index contributed by atoms with van der Waals surface area (Å²) in [6.45, 7) is 1.93. The Balaban J connectivity index is 2.57. The highest BCUT2D eigenvalue weighted by molar-refractivity contribution is 5.86. The molecule has 2 N–H and O–H groups in total. The Morgan fingerprint density at radius 3 is 2.81 bits per heavy atom. The Morgan fingerprint density at radius 2 is 2.12 bits per heavy atom. The van der Waals surface area contributed by atoms with Gasteiger partial charge in [0.25, 0.3) is 0 Å². The summed E-state index contributed by atoms with van der Waals surface area (Å²) in [6, 6.07) is 5.07. The van der Waals surface area contributed by atoms with Crippen LogP contribution in [0.3, 0.4) is 0 Å². The number of hydrogen-bond acceptors (Lipinski definition) is 3. The van der Waals surface area contributed by atoms with E-state index in [0.717, 1.165) is 16.3 Å². The number of hydrogen-bond donors (Lipinski definition) is 2. The van der Waals surface area contributed by atoms with Crippen LogP contribution >= 0.6 is 0 Å². The molecule has 4 nitrogen and oxygen atoms in total. The standard InChI is InChI=1S/C12H11NO3/c1-7-5-13-6-9-4-8(2-3-10(7)9)11(14)12(15)16/h2-6,11,14H,1H3,(H,15,16). The molecule has 0 spiro atoms. The maximum Gasteiger partial charge on any atom is 0.337 e. The summed E-state index contributed by atoms with van der Waals surface area (Å²) in [6.07, 6.45) is 1.92. The number of carbonyl (C=O) groups is 1. The highest BCUT2D eigenvalue weighted by Crippen LogP contribution is 2.22. The van der Waals surface area contributed by atoms with E-state index in [1.165, 1.54) is 0 Å². The molecule has 1 atom stereocenters. The number of aryl methyl sites for hydroxylation is 1. The van der Waals surface area contributed by atoms with Crippen LogP contribution < -0.4 is 0 Å². The SMILES string of the molecule is Cc1cncc2cc(C(O)C(=O)O)ccc12. The number of fused-ring (bicyclic) bond motifs is 1. The van der Waals surface area contributed by atoms with Crippen molar-refractivity contribution in [1.82, 2.24) is 4.98 Å². The molecule has 0 radical (unpaired) electrons. The first-order valence-electron chi connectivity index (χ1n) is 4.85. The molecule has 0 aliphatic carbocycles. The fraction of sp³-hybridized carbons (Fsp3) is 0.167.